The van der Waals surface area contributed by atoms with Gasteiger partial charge in [0.25, 0.3) is 0 Å². The van der Waals surface area contributed by atoms with Gasteiger partial charge in [0.1, 0.15) is 5.75 Å². The van der Waals surface area contributed by atoms with Crippen LogP contribution in [-0.4, -0.2) is 31.8 Å². The monoisotopic (exact) mass is 248 g/mol. The summed E-state index contributed by atoms with van der Waals surface area (Å²) >= 11 is 0. The van der Waals surface area contributed by atoms with Gasteiger partial charge < -0.3 is 15.0 Å². The molecule has 1 aliphatic heterocycles. The van der Waals surface area contributed by atoms with E-state index in [4.69, 9.17) is 4.74 Å². The highest BCUT2D eigenvalue weighted by Crippen LogP contribution is 2.23. The van der Waals surface area contributed by atoms with Crippen molar-refractivity contribution in [2.24, 2.45) is 0 Å². The molecule has 0 amide bonds. The second-order valence-electron chi connectivity index (χ2n) is 5.15. The summed E-state index contributed by atoms with van der Waals surface area (Å²) in [4.78, 5) is 2.46. The van der Waals surface area contributed by atoms with Crippen molar-refractivity contribution in [3.05, 3.63) is 24.3 Å². The summed E-state index contributed by atoms with van der Waals surface area (Å²) in [5.74, 6) is 0.969. The molecule has 2 rings (SSSR count). The lowest BCUT2D eigenvalue weighted by Gasteiger charge is -2.39. The maximum atomic E-state index is 5.61. The number of anilines is 1. The number of hydrogen-bond acceptors (Lipinski definition) is 3. The van der Waals surface area contributed by atoms with Gasteiger partial charge >= 0.3 is 0 Å². The van der Waals surface area contributed by atoms with E-state index in [1.165, 1.54) is 5.69 Å². The van der Waals surface area contributed by atoms with Crippen LogP contribution in [-0.2, 0) is 0 Å². The second-order valence-corrected chi connectivity index (χ2v) is 5.15. The van der Waals surface area contributed by atoms with E-state index >= 15 is 0 Å². The van der Waals surface area contributed by atoms with E-state index in [2.05, 4.69) is 55.3 Å². The zero-order valence-corrected chi connectivity index (χ0v) is 11.6. The zero-order chi connectivity index (χ0) is 13.0. The third-order valence-corrected chi connectivity index (χ3v) is 3.41. The van der Waals surface area contributed by atoms with Gasteiger partial charge in [0.15, 0.2) is 0 Å². The Balaban J connectivity index is 2.03. The first-order valence-corrected chi connectivity index (χ1v) is 6.93. The molecule has 1 fully saturated rings. The minimum atomic E-state index is 0.545. The van der Waals surface area contributed by atoms with Gasteiger partial charge in [0, 0.05) is 30.9 Å². The first kappa shape index (κ1) is 13.2. The predicted octanol–water partition coefficient (Wildman–Crippen LogP) is 2.66. The van der Waals surface area contributed by atoms with Crippen molar-refractivity contribution in [2.75, 3.05) is 24.6 Å². The Bertz CT molecular complexity index is 363. The summed E-state index contributed by atoms with van der Waals surface area (Å²) in [7, 11) is 0. The average Bonchev–Trinajstić information content (AvgIpc) is 2.40. The van der Waals surface area contributed by atoms with Crippen LogP contribution in [0, 0.1) is 0 Å². The number of piperazine rings is 1. The molecular formula is C15H24N2O. The zero-order valence-electron chi connectivity index (χ0n) is 11.6. The van der Waals surface area contributed by atoms with E-state index in [0.717, 1.165) is 31.9 Å². The molecule has 0 spiro atoms. The summed E-state index contributed by atoms with van der Waals surface area (Å²) in [5.41, 5.74) is 1.29. The lowest BCUT2D eigenvalue weighted by Crippen LogP contribution is -2.54. The van der Waals surface area contributed by atoms with Crippen molar-refractivity contribution in [3.8, 4) is 5.75 Å². The Hall–Kier alpha value is -1.22. The van der Waals surface area contributed by atoms with Crippen LogP contribution >= 0.6 is 0 Å². The van der Waals surface area contributed by atoms with Gasteiger partial charge in [-0.3, -0.25) is 0 Å². The highest BCUT2D eigenvalue weighted by Gasteiger charge is 2.22. The van der Waals surface area contributed by atoms with Crippen molar-refractivity contribution in [2.45, 2.75) is 39.3 Å². The minimum absolute atomic E-state index is 0.545. The molecule has 1 N–H and O–H groups in total. The van der Waals surface area contributed by atoms with E-state index in [1.54, 1.807) is 0 Å². The fourth-order valence-corrected chi connectivity index (χ4v) is 2.34. The Morgan fingerprint density at radius 3 is 2.67 bits per heavy atom. The number of ether oxygens (including phenoxy) is 1. The van der Waals surface area contributed by atoms with Gasteiger partial charge in [0.2, 0.25) is 0 Å². The van der Waals surface area contributed by atoms with Gasteiger partial charge in [-0.05, 0) is 44.5 Å². The third kappa shape index (κ3) is 3.16. The minimum Gasteiger partial charge on any atom is -0.494 e. The number of nitrogens with one attached hydrogen (secondary N) is 1. The maximum Gasteiger partial charge on any atom is 0.119 e. The van der Waals surface area contributed by atoms with E-state index in [0.29, 0.717) is 12.1 Å². The molecule has 2 unspecified atom stereocenters. The van der Waals surface area contributed by atoms with Crippen molar-refractivity contribution in [1.82, 2.24) is 5.32 Å². The Kier molecular flexibility index (Phi) is 4.48. The standard InChI is InChI=1S/C15H24N2O/c1-4-9-18-15-7-5-14(6-8-15)17-11-12(2)16-10-13(17)3/h5-8,12-13,16H,4,9-11H2,1-3H3. The SMILES string of the molecule is CCCOc1ccc(N2CC(C)NCC2C)cc1. The van der Waals surface area contributed by atoms with Crippen molar-refractivity contribution in [3.63, 3.8) is 0 Å². The topological polar surface area (TPSA) is 24.5 Å². The number of benzene rings is 1. The molecule has 1 aromatic carbocycles. The van der Waals surface area contributed by atoms with Crippen molar-refractivity contribution in [1.29, 1.82) is 0 Å². The Morgan fingerprint density at radius 1 is 1.28 bits per heavy atom. The molecular weight excluding hydrogens is 224 g/mol. The first-order valence-electron chi connectivity index (χ1n) is 6.93. The van der Waals surface area contributed by atoms with Crippen molar-refractivity contribution < 1.29 is 4.74 Å². The third-order valence-electron chi connectivity index (χ3n) is 3.41. The summed E-state index contributed by atoms with van der Waals surface area (Å²) in [6.45, 7) is 9.53. The van der Waals surface area contributed by atoms with E-state index in [-0.39, 0.29) is 0 Å². The summed E-state index contributed by atoms with van der Waals surface area (Å²) in [6.07, 6.45) is 1.05. The molecule has 0 saturated carbocycles. The molecule has 0 aliphatic carbocycles. The van der Waals surface area contributed by atoms with E-state index in [9.17, 15) is 0 Å². The molecule has 100 valence electrons. The smallest absolute Gasteiger partial charge is 0.119 e. The fraction of sp³-hybridized carbons (Fsp3) is 0.600. The molecule has 3 heteroatoms. The van der Waals surface area contributed by atoms with E-state index < -0.39 is 0 Å². The molecule has 2 atom stereocenters. The van der Waals surface area contributed by atoms with Crippen LogP contribution in [0.15, 0.2) is 24.3 Å². The number of nitrogens with zero attached hydrogens (tertiary/aromatic N) is 1. The predicted molar refractivity (Wildman–Crippen MR) is 76.5 cm³/mol. The van der Waals surface area contributed by atoms with Crippen molar-refractivity contribution >= 4 is 5.69 Å². The lowest BCUT2D eigenvalue weighted by atomic mass is 10.1. The summed E-state index contributed by atoms with van der Waals surface area (Å²) in [5, 5.41) is 3.50. The maximum absolute atomic E-state index is 5.61. The van der Waals surface area contributed by atoms with Crippen LogP contribution in [0.1, 0.15) is 27.2 Å². The highest BCUT2D eigenvalue weighted by atomic mass is 16.5. The highest BCUT2D eigenvalue weighted by molar-refractivity contribution is 5.50. The number of rotatable bonds is 4. The van der Waals surface area contributed by atoms with Gasteiger partial charge in [-0.15, -0.1) is 0 Å². The molecule has 1 aliphatic rings. The summed E-state index contributed by atoms with van der Waals surface area (Å²) in [6, 6.07) is 9.58. The van der Waals surface area contributed by atoms with Crippen LogP contribution in [0.4, 0.5) is 5.69 Å². The largest absolute Gasteiger partial charge is 0.494 e. The average molecular weight is 248 g/mol. The summed E-state index contributed by atoms with van der Waals surface area (Å²) < 4.78 is 5.61. The van der Waals surface area contributed by atoms with Crippen LogP contribution in [0.2, 0.25) is 0 Å². The molecule has 0 bridgehead atoms. The van der Waals surface area contributed by atoms with Crippen LogP contribution in [0.25, 0.3) is 0 Å². The molecule has 0 aromatic heterocycles. The fourth-order valence-electron chi connectivity index (χ4n) is 2.34. The lowest BCUT2D eigenvalue weighted by molar-refractivity contribution is 0.317. The first-order chi connectivity index (χ1) is 8.70. The number of hydrogen-bond donors (Lipinski definition) is 1. The van der Waals surface area contributed by atoms with Crippen LogP contribution < -0.4 is 15.0 Å². The molecule has 1 saturated heterocycles. The Labute approximate surface area is 110 Å². The van der Waals surface area contributed by atoms with E-state index in [1.807, 2.05) is 0 Å². The Morgan fingerprint density at radius 2 is 2.00 bits per heavy atom. The molecule has 1 aromatic rings. The van der Waals surface area contributed by atoms with Gasteiger partial charge in [0.05, 0.1) is 6.61 Å². The normalized spacial score (nSPS) is 24.1. The van der Waals surface area contributed by atoms with Gasteiger partial charge in [-0.2, -0.15) is 0 Å². The van der Waals surface area contributed by atoms with Gasteiger partial charge in [-0.25, -0.2) is 0 Å². The molecule has 0 radical (unpaired) electrons. The molecule has 18 heavy (non-hydrogen) atoms. The van der Waals surface area contributed by atoms with Crippen LogP contribution in [0.3, 0.4) is 0 Å². The quantitative estimate of drug-likeness (QED) is 0.886. The molecule has 1 heterocycles. The molecule has 3 nitrogen and oxygen atoms in total. The second kappa shape index (κ2) is 6.10. The van der Waals surface area contributed by atoms with Crippen LogP contribution in [0.5, 0.6) is 5.75 Å². The van der Waals surface area contributed by atoms with Gasteiger partial charge in [-0.1, -0.05) is 6.92 Å².